The van der Waals surface area contributed by atoms with Gasteiger partial charge < -0.3 is 15.6 Å². The summed E-state index contributed by atoms with van der Waals surface area (Å²) in [4.78, 5) is 0. The average Bonchev–Trinajstić information content (AvgIpc) is 2.39. The van der Waals surface area contributed by atoms with Crippen LogP contribution in [-0.2, 0) is 0 Å². The maximum Gasteiger partial charge on any atom is 0.119 e. The topological polar surface area (TPSA) is 55.5 Å². The van der Waals surface area contributed by atoms with Gasteiger partial charge in [0.25, 0.3) is 0 Å². The number of rotatable bonds is 6. The summed E-state index contributed by atoms with van der Waals surface area (Å²) in [5.74, 6) is 0.841. The molecule has 3 heteroatoms. The van der Waals surface area contributed by atoms with Crippen molar-refractivity contribution in [1.82, 2.24) is 0 Å². The molecule has 3 nitrogen and oxygen atoms in total. The van der Waals surface area contributed by atoms with Gasteiger partial charge in [0.15, 0.2) is 0 Å². The van der Waals surface area contributed by atoms with Gasteiger partial charge in [0.1, 0.15) is 5.75 Å². The summed E-state index contributed by atoms with van der Waals surface area (Å²) in [6, 6.07) is 14.2. The number of hydrogen-bond donors (Lipinski definition) is 2. The van der Waals surface area contributed by atoms with E-state index in [0.717, 1.165) is 11.1 Å². The van der Waals surface area contributed by atoms with Gasteiger partial charge in [-0.05, 0) is 35.9 Å². The van der Waals surface area contributed by atoms with Gasteiger partial charge in [-0.25, -0.2) is 0 Å². The molecule has 0 fully saturated rings. The molecule has 2 aromatic carbocycles. The molecule has 2 rings (SSSR count). The van der Waals surface area contributed by atoms with E-state index in [9.17, 15) is 5.11 Å². The SMILES string of the molecule is NCCC(O)CCOc1ccc2ccccc2c1. The first kappa shape index (κ1) is 12.9. The van der Waals surface area contributed by atoms with E-state index in [4.69, 9.17) is 10.5 Å². The van der Waals surface area contributed by atoms with Crippen LogP contribution < -0.4 is 10.5 Å². The van der Waals surface area contributed by atoms with Crippen molar-refractivity contribution >= 4 is 10.8 Å². The van der Waals surface area contributed by atoms with Crippen LogP contribution in [0.1, 0.15) is 12.8 Å². The largest absolute Gasteiger partial charge is 0.493 e. The summed E-state index contributed by atoms with van der Waals surface area (Å²) in [5, 5.41) is 11.9. The highest BCUT2D eigenvalue weighted by Crippen LogP contribution is 2.20. The fourth-order valence-electron chi connectivity index (χ4n) is 1.91. The molecule has 0 aromatic heterocycles. The van der Waals surface area contributed by atoms with Gasteiger partial charge in [-0.2, -0.15) is 0 Å². The maximum absolute atomic E-state index is 9.54. The van der Waals surface area contributed by atoms with Gasteiger partial charge in [0, 0.05) is 6.42 Å². The Bertz CT molecular complexity index is 499. The number of nitrogens with two attached hydrogens (primary N) is 1. The Kier molecular flexibility index (Phi) is 4.56. The summed E-state index contributed by atoms with van der Waals surface area (Å²) in [7, 11) is 0. The predicted octanol–water partition coefficient (Wildman–Crippen LogP) is 2.32. The fraction of sp³-hybridized carbons (Fsp3) is 0.333. The zero-order valence-corrected chi connectivity index (χ0v) is 10.4. The highest BCUT2D eigenvalue weighted by Gasteiger charge is 2.03. The first-order chi connectivity index (χ1) is 8.79. The molecule has 0 saturated heterocycles. The lowest BCUT2D eigenvalue weighted by molar-refractivity contribution is 0.133. The summed E-state index contributed by atoms with van der Waals surface area (Å²) in [6.07, 6.45) is 0.876. The van der Waals surface area contributed by atoms with Crippen molar-refractivity contribution in [2.75, 3.05) is 13.2 Å². The molecule has 0 bridgehead atoms. The van der Waals surface area contributed by atoms with Gasteiger partial charge in [0.05, 0.1) is 12.7 Å². The Morgan fingerprint density at radius 1 is 1.06 bits per heavy atom. The van der Waals surface area contributed by atoms with E-state index in [1.54, 1.807) is 0 Å². The molecule has 0 heterocycles. The van der Waals surface area contributed by atoms with Crippen molar-refractivity contribution in [1.29, 1.82) is 0 Å². The van der Waals surface area contributed by atoms with Crippen LogP contribution in [-0.4, -0.2) is 24.4 Å². The van der Waals surface area contributed by atoms with Crippen LogP contribution in [0.2, 0.25) is 0 Å². The lowest BCUT2D eigenvalue weighted by Crippen LogP contribution is -2.16. The van der Waals surface area contributed by atoms with E-state index in [-0.39, 0.29) is 6.10 Å². The highest BCUT2D eigenvalue weighted by molar-refractivity contribution is 5.83. The molecule has 1 unspecified atom stereocenters. The van der Waals surface area contributed by atoms with Crippen molar-refractivity contribution < 1.29 is 9.84 Å². The van der Waals surface area contributed by atoms with Gasteiger partial charge in [-0.3, -0.25) is 0 Å². The maximum atomic E-state index is 9.54. The van der Waals surface area contributed by atoms with Crippen LogP contribution in [0.15, 0.2) is 42.5 Å². The molecular weight excluding hydrogens is 226 g/mol. The molecule has 0 aliphatic heterocycles. The molecule has 1 atom stereocenters. The number of aliphatic hydroxyl groups is 1. The third kappa shape index (κ3) is 3.45. The van der Waals surface area contributed by atoms with E-state index in [1.165, 1.54) is 5.39 Å². The quantitative estimate of drug-likeness (QED) is 0.821. The van der Waals surface area contributed by atoms with E-state index >= 15 is 0 Å². The highest BCUT2D eigenvalue weighted by atomic mass is 16.5. The molecule has 96 valence electrons. The van der Waals surface area contributed by atoms with Gasteiger partial charge in [-0.1, -0.05) is 30.3 Å². The second-order valence-electron chi connectivity index (χ2n) is 4.38. The van der Waals surface area contributed by atoms with Crippen LogP contribution in [0.25, 0.3) is 10.8 Å². The molecule has 0 saturated carbocycles. The Labute approximate surface area is 107 Å². The van der Waals surface area contributed by atoms with E-state index in [2.05, 4.69) is 12.1 Å². The van der Waals surface area contributed by atoms with Gasteiger partial charge >= 0.3 is 0 Å². The Morgan fingerprint density at radius 3 is 2.61 bits per heavy atom. The number of benzene rings is 2. The monoisotopic (exact) mass is 245 g/mol. The minimum atomic E-state index is -0.365. The Balaban J connectivity index is 1.91. The predicted molar refractivity (Wildman–Crippen MR) is 73.7 cm³/mol. The number of aliphatic hydroxyl groups excluding tert-OH is 1. The Morgan fingerprint density at radius 2 is 1.83 bits per heavy atom. The fourth-order valence-corrected chi connectivity index (χ4v) is 1.91. The van der Waals surface area contributed by atoms with Crippen LogP contribution in [0.3, 0.4) is 0 Å². The molecule has 2 aromatic rings. The lowest BCUT2D eigenvalue weighted by atomic mass is 10.1. The number of hydrogen-bond acceptors (Lipinski definition) is 3. The van der Waals surface area contributed by atoms with Crippen LogP contribution in [0.5, 0.6) is 5.75 Å². The first-order valence-corrected chi connectivity index (χ1v) is 6.29. The minimum Gasteiger partial charge on any atom is -0.493 e. The van der Waals surface area contributed by atoms with Crippen molar-refractivity contribution in [3.63, 3.8) is 0 Å². The van der Waals surface area contributed by atoms with Crippen molar-refractivity contribution in [2.45, 2.75) is 18.9 Å². The van der Waals surface area contributed by atoms with Gasteiger partial charge in [-0.15, -0.1) is 0 Å². The zero-order chi connectivity index (χ0) is 12.8. The van der Waals surface area contributed by atoms with Crippen molar-refractivity contribution in [2.24, 2.45) is 5.73 Å². The normalized spacial score (nSPS) is 12.6. The van der Waals surface area contributed by atoms with Crippen molar-refractivity contribution in [3.05, 3.63) is 42.5 Å². The summed E-state index contributed by atoms with van der Waals surface area (Å²) < 4.78 is 5.63. The summed E-state index contributed by atoms with van der Waals surface area (Å²) in [6.45, 7) is 1.02. The molecule has 0 aliphatic rings. The van der Waals surface area contributed by atoms with E-state index in [1.807, 2.05) is 30.3 Å². The van der Waals surface area contributed by atoms with E-state index < -0.39 is 0 Å². The number of fused-ring (bicyclic) bond motifs is 1. The standard InChI is InChI=1S/C15H19NO2/c16-9-7-14(17)8-10-18-15-6-5-12-3-1-2-4-13(12)11-15/h1-6,11,14,17H,7-10,16H2. The van der Waals surface area contributed by atoms with E-state index in [0.29, 0.717) is 26.0 Å². The molecule has 0 amide bonds. The second kappa shape index (κ2) is 6.38. The van der Waals surface area contributed by atoms with Crippen LogP contribution in [0.4, 0.5) is 0 Å². The molecule has 0 spiro atoms. The smallest absolute Gasteiger partial charge is 0.119 e. The minimum absolute atomic E-state index is 0.365. The molecule has 3 N–H and O–H groups in total. The third-order valence-corrected chi connectivity index (χ3v) is 2.94. The number of ether oxygens (including phenoxy) is 1. The van der Waals surface area contributed by atoms with Crippen LogP contribution in [0, 0.1) is 0 Å². The second-order valence-corrected chi connectivity index (χ2v) is 4.38. The third-order valence-electron chi connectivity index (χ3n) is 2.94. The average molecular weight is 245 g/mol. The van der Waals surface area contributed by atoms with Gasteiger partial charge in [0.2, 0.25) is 0 Å². The van der Waals surface area contributed by atoms with Crippen molar-refractivity contribution in [3.8, 4) is 5.75 Å². The van der Waals surface area contributed by atoms with Crippen LogP contribution >= 0.6 is 0 Å². The Hall–Kier alpha value is -1.58. The summed E-state index contributed by atoms with van der Waals surface area (Å²) in [5.41, 5.74) is 5.37. The lowest BCUT2D eigenvalue weighted by Gasteiger charge is -2.11. The first-order valence-electron chi connectivity index (χ1n) is 6.29. The molecule has 0 aliphatic carbocycles. The molecular formula is C15H19NO2. The zero-order valence-electron chi connectivity index (χ0n) is 10.4. The molecule has 0 radical (unpaired) electrons. The molecule has 18 heavy (non-hydrogen) atoms. The summed E-state index contributed by atoms with van der Waals surface area (Å²) >= 11 is 0.